The third-order valence-corrected chi connectivity index (χ3v) is 3.85. The number of anilines is 1. The quantitative estimate of drug-likeness (QED) is 0.854. The van der Waals surface area contributed by atoms with E-state index in [1.165, 1.54) is 0 Å². The number of nitrogens with one attached hydrogen (secondary N) is 1. The van der Waals surface area contributed by atoms with Crippen LogP contribution in [0.15, 0.2) is 18.2 Å². The maximum atomic E-state index is 12.1. The second kappa shape index (κ2) is 6.32. The fraction of sp³-hybridized carbons (Fsp3) is 0.533. The van der Waals surface area contributed by atoms with Crippen LogP contribution >= 0.6 is 23.2 Å². The first-order valence-electron chi connectivity index (χ1n) is 7.03. The first kappa shape index (κ1) is 16.2. The molecule has 1 aliphatic heterocycles. The lowest BCUT2D eigenvalue weighted by molar-refractivity contribution is 0.185. The highest BCUT2D eigenvalue weighted by Crippen LogP contribution is 2.29. The molecule has 0 atom stereocenters. The lowest BCUT2D eigenvalue weighted by Gasteiger charge is -2.37. The summed E-state index contributed by atoms with van der Waals surface area (Å²) in [6.45, 7) is 8.78. The van der Waals surface area contributed by atoms with Crippen LogP contribution in [0.4, 0.5) is 10.5 Å². The zero-order chi connectivity index (χ0) is 15.6. The first-order chi connectivity index (χ1) is 9.76. The van der Waals surface area contributed by atoms with Gasteiger partial charge in [-0.2, -0.15) is 0 Å². The van der Waals surface area contributed by atoms with Gasteiger partial charge in [-0.25, -0.2) is 4.79 Å². The molecule has 1 aliphatic rings. The van der Waals surface area contributed by atoms with Crippen LogP contribution in [0.1, 0.15) is 20.8 Å². The van der Waals surface area contributed by atoms with Crippen molar-refractivity contribution in [1.29, 1.82) is 0 Å². The van der Waals surface area contributed by atoms with Crippen LogP contribution in [-0.2, 0) is 0 Å². The van der Waals surface area contributed by atoms with Gasteiger partial charge in [0.25, 0.3) is 0 Å². The highest BCUT2D eigenvalue weighted by molar-refractivity contribution is 6.35. The molecule has 6 heteroatoms. The second-order valence-corrected chi connectivity index (χ2v) is 7.09. The standard InChI is InChI=1S/C15H21Cl2N3O/c1-15(2,3)18-14(21)20-8-6-19(7-9-20)13-10-11(16)4-5-12(13)17/h4-5,10H,6-9H2,1-3H3,(H,18,21). The van der Waals surface area contributed by atoms with Gasteiger partial charge >= 0.3 is 6.03 Å². The van der Waals surface area contributed by atoms with Gasteiger partial charge in [0.2, 0.25) is 0 Å². The molecule has 1 N–H and O–H groups in total. The van der Waals surface area contributed by atoms with Crippen molar-refractivity contribution in [3.63, 3.8) is 0 Å². The van der Waals surface area contributed by atoms with Crippen molar-refractivity contribution in [2.24, 2.45) is 0 Å². The van der Waals surface area contributed by atoms with E-state index in [2.05, 4.69) is 10.2 Å². The summed E-state index contributed by atoms with van der Waals surface area (Å²) in [7, 11) is 0. The molecule has 1 aromatic carbocycles. The predicted molar refractivity (Wildman–Crippen MR) is 88.5 cm³/mol. The van der Waals surface area contributed by atoms with E-state index in [1.54, 1.807) is 12.1 Å². The molecule has 0 spiro atoms. The summed E-state index contributed by atoms with van der Waals surface area (Å²) < 4.78 is 0. The van der Waals surface area contributed by atoms with E-state index in [1.807, 2.05) is 31.7 Å². The van der Waals surface area contributed by atoms with E-state index in [4.69, 9.17) is 23.2 Å². The molecular formula is C15H21Cl2N3O. The molecule has 0 aromatic heterocycles. The van der Waals surface area contributed by atoms with E-state index in [9.17, 15) is 4.79 Å². The van der Waals surface area contributed by atoms with Gasteiger partial charge in [-0.1, -0.05) is 23.2 Å². The fourth-order valence-electron chi connectivity index (χ4n) is 2.28. The summed E-state index contributed by atoms with van der Waals surface area (Å²) in [6.07, 6.45) is 0. The lowest BCUT2D eigenvalue weighted by atomic mass is 10.1. The Morgan fingerprint density at radius 1 is 1.14 bits per heavy atom. The predicted octanol–water partition coefficient (Wildman–Crippen LogP) is 3.62. The number of hydrogen-bond acceptors (Lipinski definition) is 2. The van der Waals surface area contributed by atoms with Crippen LogP contribution in [0.2, 0.25) is 10.0 Å². The normalized spacial score (nSPS) is 16.0. The Morgan fingerprint density at radius 2 is 1.76 bits per heavy atom. The Morgan fingerprint density at radius 3 is 2.33 bits per heavy atom. The number of hydrogen-bond donors (Lipinski definition) is 1. The molecule has 116 valence electrons. The molecular weight excluding hydrogens is 309 g/mol. The molecule has 2 amide bonds. The number of urea groups is 1. The summed E-state index contributed by atoms with van der Waals surface area (Å²) in [5.41, 5.74) is 0.713. The number of rotatable bonds is 1. The molecule has 0 unspecified atom stereocenters. The van der Waals surface area contributed by atoms with Crippen molar-refractivity contribution in [3.8, 4) is 0 Å². The van der Waals surface area contributed by atoms with Crippen molar-refractivity contribution in [2.75, 3.05) is 31.1 Å². The summed E-state index contributed by atoms with van der Waals surface area (Å²) in [4.78, 5) is 16.1. The Bertz CT molecular complexity index is 520. The summed E-state index contributed by atoms with van der Waals surface area (Å²) >= 11 is 12.3. The second-order valence-electron chi connectivity index (χ2n) is 6.25. The van der Waals surface area contributed by atoms with Gasteiger partial charge in [0.15, 0.2) is 0 Å². The Balaban J connectivity index is 1.97. The molecule has 1 heterocycles. The van der Waals surface area contributed by atoms with Gasteiger partial charge in [0.1, 0.15) is 0 Å². The number of benzene rings is 1. The number of nitrogens with zero attached hydrogens (tertiary/aromatic N) is 2. The number of amides is 2. The maximum absolute atomic E-state index is 12.1. The molecule has 4 nitrogen and oxygen atoms in total. The first-order valence-corrected chi connectivity index (χ1v) is 7.79. The van der Waals surface area contributed by atoms with Gasteiger partial charge in [-0.05, 0) is 39.0 Å². The third-order valence-electron chi connectivity index (χ3n) is 3.30. The minimum absolute atomic E-state index is 0.0145. The van der Waals surface area contributed by atoms with Crippen molar-refractivity contribution >= 4 is 34.9 Å². The molecule has 0 saturated carbocycles. The number of carbonyl (C=O) groups excluding carboxylic acids is 1. The Kier molecular flexibility index (Phi) is 4.89. The van der Waals surface area contributed by atoms with E-state index < -0.39 is 0 Å². The molecule has 0 radical (unpaired) electrons. The van der Waals surface area contributed by atoms with E-state index in [-0.39, 0.29) is 11.6 Å². The lowest BCUT2D eigenvalue weighted by Crippen LogP contribution is -2.55. The Hall–Kier alpha value is -1.13. The summed E-state index contributed by atoms with van der Waals surface area (Å²) in [5.74, 6) is 0. The van der Waals surface area contributed by atoms with Crippen LogP contribution in [0.25, 0.3) is 0 Å². The topological polar surface area (TPSA) is 35.6 Å². The van der Waals surface area contributed by atoms with Crippen molar-refractivity contribution in [3.05, 3.63) is 28.2 Å². The molecule has 1 saturated heterocycles. The largest absolute Gasteiger partial charge is 0.367 e. The van der Waals surface area contributed by atoms with Crippen molar-refractivity contribution < 1.29 is 4.79 Å². The zero-order valence-electron chi connectivity index (χ0n) is 12.6. The van der Waals surface area contributed by atoms with Gasteiger partial charge in [-0.15, -0.1) is 0 Å². The fourth-order valence-corrected chi connectivity index (χ4v) is 2.68. The number of carbonyl (C=O) groups is 1. The van der Waals surface area contributed by atoms with Crippen LogP contribution in [-0.4, -0.2) is 42.6 Å². The van der Waals surface area contributed by atoms with E-state index in [0.717, 1.165) is 18.8 Å². The molecule has 21 heavy (non-hydrogen) atoms. The monoisotopic (exact) mass is 329 g/mol. The summed E-state index contributed by atoms with van der Waals surface area (Å²) in [5, 5.41) is 4.34. The minimum atomic E-state index is -0.218. The smallest absolute Gasteiger partial charge is 0.317 e. The highest BCUT2D eigenvalue weighted by Gasteiger charge is 2.24. The molecule has 1 fully saturated rings. The van der Waals surface area contributed by atoms with Gasteiger partial charge in [0.05, 0.1) is 10.7 Å². The third kappa shape index (κ3) is 4.42. The van der Waals surface area contributed by atoms with Crippen LogP contribution in [0.3, 0.4) is 0 Å². The van der Waals surface area contributed by atoms with Crippen molar-refractivity contribution in [2.45, 2.75) is 26.3 Å². The van der Waals surface area contributed by atoms with E-state index >= 15 is 0 Å². The average molecular weight is 330 g/mol. The van der Waals surface area contributed by atoms with Crippen LogP contribution < -0.4 is 10.2 Å². The molecule has 0 bridgehead atoms. The molecule has 1 aromatic rings. The van der Waals surface area contributed by atoms with E-state index in [0.29, 0.717) is 23.1 Å². The Labute approximate surface area is 136 Å². The zero-order valence-corrected chi connectivity index (χ0v) is 14.1. The molecule has 0 aliphatic carbocycles. The van der Waals surface area contributed by atoms with Crippen LogP contribution in [0.5, 0.6) is 0 Å². The number of piperazine rings is 1. The summed E-state index contributed by atoms with van der Waals surface area (Å²) in [6, 6.07) is 5.44. The van der Waals surface area contributed by atoms with Gasteiger partial charge in [0, 0.05) is 36.7 Å². The number of halogens is 2. The van der Waals surface area contributed by atoms with Gasteiger partial charge in [-0.3, -0.25) is 0 Å². The average Bonchev–Trinajstić information content (AvgIpc) is 2.40. The van der Waals surface area contributed by atoms with Crippen molar-refractivity contribution in [1.82, 2.24) is 10.2 Å². The maximum Gasteiger partial charge on any atom is 0.317 e. The SMILES string of the molecule is CC(C)(C)NC(=O)N1CCN(c2cc(Cl)ccc2Cl)CC1. The minimum Gasteiger partial charge on any atom is -0.367 e. The van der Waals surface area contributed by atoms with Crippen LogP contribution in [0, 0.1) is 0 Å². The highest BCUT2D eigenvalue weighted by atomic mass is 35.5. The molecule has 2 rings (SSSR count). The van der Waals surface area contributed by atoms with Gasteiger partial charge < -0.3 is 15.1 Å².